The standard InChI is InChI=1S/C34H39N3O4S/c1-25-14-9-10-18-28(25)23-36(31(33(39)35-34(2,3)4)22-26-15-7-6-8-16-26)32(38)24-37(42(5,40)41)30-21-13-19-27-17-11-12-20-29(27)30/h6-21,31H,22-24H2,1-5H3,(H,35,39)/t31-/m1/s1. The van der Waals surface area contributed by atoms with Crippen molar-refractivity contribution >= 4 is 38.3 Å². The molecule has 8 heteroatoms. The molecule has 0 aromatic heterocycles. The van der Waals surface area contributed by atoms with Crippen molar-refractivity contribution in [3.63, 3.8) is 0 Å². The molecular formula is C34H39N3O4S. The Morgan fingerprint density at radius 3 is 2.12 bits per heavy atom. The molecule has 0 aliphatic rings. The molecule has 7 nitrogen and oxygen atoms in total. The Bertz CT molecular complexity index is 1660. The summed E-state index contributed by atoms with van der Waals surface area (Å²) in [6.07, 6.45) is 1.37. The van der Waals surface area contributed by atoms with E-state index in [-0.39, 0.29) is 18.9 Å². The topological polar surface area (TPSA) is 86.8 Å². The second-order valence-corrected chi connectivity index (χ2v) is 13.6. The zero-order valence-corrected chi connectivity index (χ0v) is 25.7. The van der Waals surface area contributed by atoms with Gasteiger partial charge in [-0.15, -0.1) is 0 Å². The van der Waals surface area contributed by atoms with Gasteiger partial charge in [0.1, 0.15) is 12.6 Å². The zero-order chi connectivity index (χ0) is 30.5. The second-order valence-electron chi connectivity index (χ2n) is 11.7. The van der Waals surface area contributed by atoms with Crippen LogP contribution in [0.15, 0.2) is 97.1 Å². The van der Waals surface area contributed by atoms with Gasteiger partial charge in [0, 0.05) is 23.9 Å². The van der Waals surface area contributed by atoms with Crippen LogP contribution in [-0.2, 0) is 32.6 Å². The molecule has 220 valence electrons. The first kappa shape index (κ1) is 30.8. The third-order valence-corrected chi connectivity index (χ3v) is 8.21. The van der Waals surface area contributed by atoms with E-state index in [4.69, 9.17) is 0 Å². The van der Waals surface area contributed by atoms with Crippen LogP contribution in [0.4, 0.5) is 5.69 Å². The van der Waals surface area contributed by atoms with Crippen molar-refractivity contribution in [3.8, 4) is 0 Å². The van der Waals surface area contributed by atoms with Crippen molar-refractivity contribution in [2.45, 2.75) is 52.2 Å². The summed E-state index contributed by atoms with van der Waals surface area (Å²) in [4.78, 5) is 29.8. The maximum absolute atomic E-state index is 14.4. The molecule has 0 saturated heterocycles. The van der Waals surface area contributed by atoms with Gasteiger partial charge in [-0.05, 0) is 55.8 Å². The lowest BCUT2D eigenvalue weighted by Crippen LogP contribution is -2.56. The van der Waals surface area contributed by atoms with Crippen molar-refractivity contribution in [1.29, 1.82) is 0 Å². The molecule has 1 atom stereocenters. The average molecular weight is 586 g/mol. The number of hydrogen-bond donors (Lipinski definition) is 1. The van der Waals surface area contributed by atoms with Gasteiger partial charge < -0.3 is 10.2 Å². The van der Waals surface area contributed by atoms with Crippen molar-refractivity contribution in [2.75, 3.05) is 17.1 Å². The highest BCUT2D eigenvalue weighted by Gasteiger charge is 2.34. The third-order valence-electron chi connectivity index (χ3n) is 7.09. The molecule has 0 heterocycles. The Labute approximate surface area is 249 Å². The molecular weight excluding hydrogens is 546 g/mol. The van der Waals surface area contributed by atoms with E-state index >= 15 is 0 Å². The third kappa shape index (κ3) is 7.76. The molecule has 4 rings (SSSR count). The van der Waals surface area contributed by atoms with Crippen LogP contribution in [0, 0.1) is 6.92 Å². The fourth-order valence-electron chi connectivity index (χ4n) is 5.00. The monoisotopic (exact) mass is 585 g/mol. The predicted molar refractivity (Wildman–Crippen MR) is 170 cm³/mol. The summed E-state index contributed by atoms with van der Waals surface area (Å²) in [5.41, 5.74) is 2.62. The number of carbonyl (C=O) groups excluding carboxylic acids is 2. The minimum absolute atomic E-state index is 0.147. The molecule has 0 radical (unpaired) electrons. The number of hydrogen-bond acceptors (Lipinski definition) is 4. The van der Waals surface area contributed by atoms with Crippen molar-refractivity contribution in [1.82, 2.24) is 10.2 Å². The number of fused-ring (bicyclic) bond motifs is 1. The zero-order valence-electron chi connectivity index (χ0n) is 24.9. The summed E-state index contributed by atoms with van der Waals surface area (Å²) in [6, 6.07) is 29.2. The number of nitrogens with one attached hydrogen (secondary N) is 1. The maximum atomic E-state index is 14.4. The van der Waals surface area contributed by atoms with Crippen LogP contribution in [0.5, 0.6) is 0 Å². The molecule has 0 aliphatic heterocycles. The van der Waals surface area contributed by atoms with Gasteiger partial charge in [0.2, 0.25) is 21.8 Å². The van der Waals surface area contributed by atoms with E-state index in [0.29, 0.717) is 5.69 Å². The molecule has 0 bridgehead atoms. The summed E-state index contributed by atoms with van der Waals surface area (Å²) >= 11 is 0. The number of rotatable bonds is 10. The maximum Gasteiger partial charge on any atom is 0.244 e. The van der Waals surface area contributed by atoms with Crippen LogP contribution >= 0.6 is 0 Å². The minimum atomic E-state index is -3.87. The quantitative estimate of drug-likeness (QED) is 0.268. The Kier molecular flexibility index (Phi) is 9.36. The van der Waals surface area contributed by atoms with Gasteiger partial charge in [-0.1, -0.05) is 91.0 Å². The molecule has 0 aliphatic carbocycles. The van der Waals surface area contributed by atoms with Gasteiger partial charge in [0.15, 0.2) is 0 Å². The fourth-order valence-corrected chi connectivity index (χ4v) is 5.86. The van der Waals surface area contributed by atoms with Gasteiger partial charge in [-0.25, -0.2) is 8.42 Å². The van der Waals surface area contributed by atoms with E-state index in [1.807, 2.05) is 113 Å². The number of amides is 2. The van der Waals surface area contributed by atoms with Crippen LogP contribution in [0.1, 0.15) is 37.5 Å². The number of sulfonamides is 1. The van der Waals surface area contributed by atoms with Gasteiger partial charge >= 0.3 is 0 Å². The normalized spacial score (nSPS) is 12.5. The molecule has 4 aromatic carbocycles. The summed E-state index contributed by atoms with van der Waals surface area (Å²) in [5, 5.41) is 4.63. The van der Waals surface area contributed by atoms with E-state index in [9.17, 15) is 18.0 Å². The van der Waals surface area contributed by atoms with E-state index in [1.165, 1.54) is 4.90 Å². The lowest BCUT2D eigenvalue weighted by Gasteiger charge is -2.35. The van der Waals surface area contributed by atoms with Crippen LogP contribution in [-0.4, -0.2) is 49.5 Å². The Hall–Kier alpha value is -4.17. The Morgan fingerprint density at radius 1 is 0.833 bits per heavy atom. The van der Waals surface area contributed by atoms with Gasteiger partial charge in [0.05, 0.1) is 11.9 Å². The van der Waals surface area contributed by atoms with Crippen LogP contribution in [0.25, 0.3) is 10.8 Å². The number of anilines is 1. The summed E-state index contributed by atoms with van der Waals surface area (Å²) in [5.74, 6) is -0.772. The fraction of sp³-hybridized carbons (Fsp3) is 0.294. The molecule has 4 aromatic rings. The van der Waals surface area contributed by atoms with Crippen molar-refractivity contribution in [3.05, 3.63) is 114 Å². The molecule has 0 unspecified atom stereocenters. The van der Waals surface area contributed by atoms with Crippen LogP contribution < -0.4 is 9.62 Å². The largest absolute Gasteiger partial charge is 0.350 e. The first-order chi connectivity index (χ1) is 19.8. The summed E-state index contributed by atoms with van der Waals surface area (Å²) in [7, 11) is -3.87. The highest BCUT2D eigenvalue weighted by atomic mass is 32.2. The number of aryl methyl sites for hydroxylation is 1. The van der Waals surface area contributed by atoms with E-state index < -0.39 is 34.1 Å². The van der Waals surface area contributed by atoms with Crippen LogP contribution in [0.2, 0.25) is 0 Å². The number of carbonyl (C=O) groups is 2. The molecule has 2 amide bonds. The average Bonchev–Trinajstić information content (AvgIpc) is 2.93. The molecule has 42 heavy (non-hydrogen) atoms. The van der Waals surface area contributed by atoms with Crippen LogP contribution in [0.3, 0.4) is 0 Å². The first-order valence-corrected chi connectivity index (χ1v) is 15.8. The Morgan fingerprint density at radius 2 is 1.45 bits per heavy atom. The highest BCUT2D eigenvalue weighted by Crippen LogP contribution is 2.29. The lowest BCUT2D eigenvalue weighted by molar-refractivity contribution is -0.140. The molecule has 0 fully saturated rings. The predicted octanol–water partition coefficient (Wildman–Crippen LogP) is 5.47. The Balaban J connectivity index is 1.81. The summed E-state index contributed by atoms with van der Waals surface area (Å²) < 4.78 is 27.6. The van der Waals surface area contributed by atoms with Crippen molar-refractivity contribution in [2.24, 2.45) is 0 Å². The lowest BCUT2D eigenvalue weighted by atomic mass is 10.00. The van der Waals surface area contributed by atoms with E-state index in [0.717, 1.165) is 38.0 Å². The molecule has 1 N–H and O–H groups in total. The van der Waals surface area contributed by atoms with Gasteiger partial charge in [-0.3, -0.25) is 13.9 Å². The molecule has 0 saturated carbocycles. The van der Waals surface area contributed by atoms with Crippen molar-refractivity contribution < 1.29 is 18.0 Å². The van der Waals surface area contributed by atoms with E-state index in [1.54, 1.807) is 12.1 Å². The number of benzene rings is 4. The first-order valence-electron chi connectivity index (χ1n) is 14.0. The van der Waals surface area contributed by atoms with Gasteiger partial charge in [-0.2, -0.15) is 0 Å². The SMILES string of the molecule is Cc1ccccc1CN(C(=O)CN(c1cccc2ccccc12)S(C)(=O)=O)[C@H](Cc1ccccc1)C(=O)NC(C)(C)C. The second kappa shape index (κ2) is 12.8. The smallest absolute Gasteiger partial charge is 0.244 e. The van der Waals surface area contributed by atoms with E-state index in [2.05, 4.69) is 5.32 Å². The highest BCUT2D eigenvalue weighted by molar-refractivity contribution is 7.92. The minimum Gasteiger partial charge on any atom is -0.350 e. The van der Waals surface area contributed by atoms with Gasteiger partial charge in [0.25, 0.3) is 0 Å². The number of nitrogens with zero attached hydrogens (tertiary/aromatic N) is 2. The molecule has 0 spiro atoms. The summed E-state index contributed by atoms with van der Waals surface area (Å²) in [6.45, 7) is 7.33.